The van der Waals surface area contributed by atoms with Crippen molar-refractivity contribution in [2.45, 2.75) is 0 Å². The van der Waals surface area contributed by atoms with Gasteiger partial charge in [0, 0.05) is 0 Å². The third-order valence-electron chi connectivity index (χ3n) is 9.67. The van der Waals surface area contributed by atoms with E-state index in [1.807, 2.05) is 78.9 Å². The van der Waals surface area contributed by atoms with Gasteiger partial charge < -0.3 is 12.8 Å². The first kappa shape index (κ1) is 43.3. The molecule has 0 nitrogen and oxygen atoms in total. The molecule has 0 N–H and O–H groups in total. The molecule has 0 spiro atoms. The van der Waals surface area contributed by atoms with Crippen LogP contribution in [0.15, 0.2) is 218 Å². The third kappa shape index (κ3) is 11.0. The van der Waals surface area contributed by atoms with Gasteiger partial charge in [-0.3, -0.25) is 11.8 Å². The monoisotopic (exact) mass is 1130 g/mol. The van der Waals surface area contributed by atoms with Gasteiger partial charge in [-0.1, -0.05) is 168 Å². The normalized spacial score (nSPS) is 10.2. The fourth-order valence-electron chi connectivity index (χ4n) is 6.97. The molecule has 0 radical (unpaired) electrons. The smallest absolute Gasteiger partial charge is 0.366 e. The van der Waals surface area contributed by atoms with Crippen LogP contribution in [-0.4, -0.2) is 5.90 Å². The summed E-state index contributed by atoms with van der Waals surface area (Å²) in [6, 6.07) is 76.8. The average Bonchev–Trinajstić information content (AvgIpc) is 3.28. The Bertz CT molecular complexity index is 2540. The number of fused-ring (bicyclic) bond motifs is 4. The number of benzene rings is 9. The van der Waals surface area contributed by atoms with E-state index >= 15 is 0 Å². The van der Waals surface area contributed by atoms with Crippen LogP contribution >= 0.6 is 15.8 Å². The predicted molar refractivity (Wildman–Crippen MR) is 244 cm³/mol. The van der Waals surface area contributed by atoms with E-state index in [1.54, 1.807) is 0 Å². The van der Waals surface area contributed by atoms with E-state index in [4.69, 9.17) is 12.8 Å². The van der Waals surface area contributed by atoms with Crippen LogP contribution in [0.25, 0.3) is 32.3 Å². The van der Waals surface area contributed by atoms with E-state index in [0.29, 0.717) is 0 Å². The fourth-order valence-corrected chi connectivity index (χ4v) is 14.7. The first-order valence-electron chi connectivity index (χ1n) is 18.4. The van der Waals surface area contributed by atoms with Crippen LogP contribution in [0, 0.1) is 24.7 Å². The van der Waals surface area contributed by atoms with Crippen molar-refractivity contribution in [1.29, 1.82) is 0 Å². The minimum Gasteiger partial charge on any atom is -0.366 e. The average molecular weight is 1130 g/mol. The van der Waals surface area contributed by atoms with Gasteiger partial charge in [-0.25, -0.2) is 0 Å². The third-order valence-corrected chi connectivity index (χ3v) is 16.6. The first-order valence-corrected chi connectivity index (χ1v) is 21.8. The summed E-state index contributed by atoms with van der Waals surface area (Å²) in [6.45, 7) is 0. The molecular formula is C53H40Au2P2+2. The Kier molecular flexibility index (Phi) is 16.9. The van der Waals surface area contributed by atoms with Crippen molar-refractivity contribution < 1.29 is 44.8 Å². The molecular weight excluding hydrogens is 1090 g/mol. The fraction of sp³-hybridized carbons (Fsp3) is 0.0189. The van der Waals surface area contributed by atoms with Gasteiger partial charge in [0.25, 0.3) is 0 Å². The summed E-state index contributed by atoms with van der Waals surface area (Å²) in [5, 5.41) is 12.9. The van der Waals surface area contributed by atoms with Crippen LogP contribution in [-0.2, 0) is 44.8 Å². The minimum atomic E-state index is -0.847. The zero-order valence-corrected chi connectivity index (χ0v) is 37.4. The molecule has 0 saturated carbocycles. The van der Waals surface area contributed by atoms with Crippen LogP contribution in [0.3, 0.4) is 0 Å². The molecule has 0 aliphatic rings. The molecule has 9 aromatic carbocycles. The zero-order chi connectivity index (χ0) is 37.7. The molecule has 282 valence electrons. The number of hydrogen-bond donors (Lipinski definition) is 0. The second kappa shape index (κ2) is 22.2. The van der Waals surface area contributed by atoms with Crippen LogP contribution < -0.4 is 21.2 Å². The van der Waals surface area contributed by atoms with Crippen molar-refractivity contribution >= 4 is 69.4 Å². The van der Waals surface area contributed by atoms with Gasteiger partial charge in [-0.15, -0.1) is 23.3 Å². The van der Waals surface area contributed by atoms with Crippen LogP contribution in [0.2, 0.25) is 0 Å². The summed E-state index contributed by atoms with van der Waals surface area (Å²) in [7, 11) is -1.69. The van der Waals surface area contributed by atoms with Crippen molar-refractivity contribution in [3.05, 3.63) is 242 Å². The van der Waals surface area contributed by atoms with E-state index in [2.05, 4.69) is 151 Å². The Morgan fingerprint density at radius 1 is 0.316 bits per heavy atom. The van der Waals surface area contributed by atoms with Crippen molar-refractivity contribution in [2.24, 2.45) is 0 Å². The van der Waals surface area contributed by atoms with Gasteiger partial charge in [0.05, 0.1) is 0 Å². The SMILES string of the molecule is [Au+].[Au+].[C-]#Cc1cc2ccccc2c2ccccc12.[C-]#Cc1cccc2ccccc12.c1ccc([PH+](C[PH+](c2ccccc2)c2ccccc2)c2ccccc2)cc1. The maximum atomic E-state index is 7.35. The van der Waals surface area contributed by atoms with Crippen LogP contribution in [0.5, 0.6) is 0 Å². The standard InChI is InChI=1S/C25H22P2.C16H9.C12H7.2Au/c1-5-13-22(14-6-1)26(23-15-7-2-8-16-23)21-27(24-17-9-3-10-18-24)25-19-11-4-12-20-25;1-2-12-11-13-7-3-4-9-15(13)16-10-6-5-8-14(12)16;1-2-10-7-5-8-11-6-3-4-9-12(10)11;;/h1-20H,21H2;3-11H;3-9H;;/q;2*-1;2*+1/p+2. The maximum Gasteiger partial charge on any atom is 1.00 e. The summed E-state index contributed by atoms with van der Waals surface area (Å²) in [6.07, 6.45) is 14.4. The van der Waals surface area contributed by atoms with Gasteiger partial charge in [-0.2, -0.15) is 0 Å². The molecule has 0 aliphatic heterocycles. The Labute approximate surface area is 371 Å². The van der Waals surface area contributed by atoms with Crippen molar-refractivity contribution in [2.75, 3.05) is 5.90 Å². The van der Waals surface area contributed by atoms with Gasteiger partial charge in [0.2, 0.25) is 0 Å². The molecule has 4 heteroatoms. The maximum absolute atomic E-state index is 7.35. The minimum absolute atomic E-state index is 0. The number of rotatable bonds is 6. The van der Waals surface area contributed by atoms with E-state index in [-0.39, 0.29) is 44.8 Å². The van der Waals surface area contributed by atoms with Crippen molar-refractivity contribution in [3.8, 4) is 11.8 Å². The van der Waals surface area contributed by atoms with E-state index in [9.17, 15) is 0 Å². The van der Waals surface area contributed by atoms with Crippen LogP contribution in [0.1, 0.15) is 11.1 Å². The molecule has 0 bridgehead atoms. The summed E-state index contributed by atoms with van der Waals surface area (Å²) >= 11 is 0. The zero-order valence-electron chi connectivity index (χ0n) is 31.1. The molecule has 0 atom stereocenters. The van der Waals surface area contributed by atoms with Gasteiger partial charge in [-0.05, 0) is 70.1 Å². The Balaban J connectivity index is 0.000000176. The predicted octanol–water partition coefficient (Wildman–Crippen LogP) is 11.4. The molecule has 57 heavy (non-hydrogen) atoms. The Morgan fingerprint density at radius 2 is 0.667 bits per heavy atom. The molecule has 0 heterocycles. The van der Waals surface area contributed by atoms with Crippen molar-refractivity contribution in [3.63, 3.8) is 0 Å². The molecule has 0 saturated heterocycles. The first-order chi connectivity index (χ1) is 27.2. The topological polar surface area (TPSA) is 0 Å². The summed E-state index contributed by atoms with van der Waals surface area (Å²) in [5.41, 5.74) is 1.71. The summed E-state index contributed by atoms with van der Waals surface area (Å²) in [4.78, 5) is 0. The molecule has 0 aliphatic carbocycles. The van der Waals surface area contributed by atoms with Crippen LogP contribution in [0.4, 0.5) is 0 Å². The van der Waals surface area contributed by atoms with E-state index in [1.165, 1.54) is 37.9 Å². The summed E-state index contributed by atoms with van der Waals surface area (Å²) in [5.74, 6) is 6.18. The quantitative estimate of drug-likeness (QED) is 0.0512. The molecule has 0 unspecified atom stereocenters. The number of hydrogen-bond acceptors (Lipinski definition) is 0. The van der Waals surface area contributed by atoms with Gasteiger partial charge in [0.15, 0.2) is 5.90 Å². The van der Waals surface area contributed by atoms with E-state index < -0.39 is 15.8 Å². The molecule has 9 aromatic rings. The van der Waals surface area contributed by atoms with E-state index in [0.717, 1.165) is 32.7 Å². The molecule has 0 fully saturated rings. The summed E-state index contributed by atoms with van der Waals surface area (Å²) < 4.78 is 0. The Morgan fingerprint density at radius 3 is 1.12 bits per heavy atom. The van der Waals surface area contributed by atoms with Gasteiger partial charge >= 0.3 is 44.8 Å². The largest absolute Gasteiger partial charge is 1.00 e. The molecule has 9 rings (SSSR count). The second-order valence-corrected chi connectivity index (χ2v) is 18.7. The molecule has 0 amide bonds. The van der Waals surface area contributed by atoms with Gasteiger partial charge in [0.1, 0.15) is 37.1 Å². The Hall–Kier alpha value is -4.78. The molecule has 0 aromatic heterocycles. The second-order valence-electron chi connectivity index (χ2n) is 13.1. The van der Waals surface area contributed by atoms with Crippen molar-refractivity contribution in [1.82, 2.24) is 0 Å².